The van der Waals surface area contributed by atoms with Crippen LogP contribution in [0.15, 0.2) is 59.7 Å². The molecule has 0 aromatic heterocycles. The standard InChI is InChI=1S/C29H31ClN4O6/c1-29(2,3)40-28(38)34-14-12-33(13-15-34)26(36)18-39-25-11-9-20(21-6-4-5-7-22(21)25)17-31-32-27(37)19-8-10-24(35)23(30)16-19/h4-11,16-17,35H,12-15,18H2,1-3H3,(H,32,37)/b31-17+. The number of halogens is 1. The van der Waals surface area contributed by atoms with Gasteiger partial charge in [0.05, 0.1) is 11.2 Å². The van der Waals surface area contributed by atoms with Gasteiger partial charge in [0.25, 0.3) is 11.8 Å². The van der Waals surface area contributed by atoms with Crippen LogP contribution in [0.1, 0.15) is 36.7 Å². The van der Waals surface area contributed by atoms with E-state index in [-0.39, 0.29) is 34.9 Å². The second-order valence-electron chi connectivity index (χ2n) is 10.2. The second kappa shape index (κ2) is 12.3. The smallest absolute Gasteiger partial charge is 0.410 e. The number of aromatic hydroxyl groups is 1. The van der Waals surface area contributed by atoms with Crippen molar-refractivity contribution in [3.8, 4) is 11.5 Å². The van der Waals surface area contributed by atoms with Gasteiger partial charge in [0.1, 0.15) is 17.1 Å². The quantitative estimate of drug-likeness (QED) is 0.336. The van der Waals surface area contributed by atoms with E-state index in [0.717, 1.165) is 16.3 Å². The molecule has 1 aliphatic rings. The molecule has 1 saturated heterocycles. The van der Waals surface area contributed by atoms with Crippen LogP contribution in [0.25, 0.3) is 10.8 Å². The molecule has 1 heterocycles. The lowest BCUT2D eigenvalue weighted by Gasteiger charge is -2.35. The molecule has 11 heteroatoms. The minimum Gasteiger partial charge on any atom is -0.506 e. The molecule has 10 nitrogen and oxygen atoms in total. The van der Waals surface area contributed by atoms with Crippen LogP contribution in [0.5, 0.6) is 11.5 Å². The largest absolute Gasteiger partial charge is 0.506 e. The van der Waals surface area contributed by atoms with E-state index in [4.69, 9.17) is 21.1 Å². The first-order valence-electron chi connectivity index (χ1n) is 12.7. The Morgan fingerprint density at radius 3 is 2.35 bits per heavy atom. The molecule has 3 amide bonds. The third-order valence-electron chi connectivity index (χ3n) is 6.13. The van der Waals surface area contributed by atoms with Crippen LogP contribution in [0.2, 0.25) is 5.02 Å². The molecular formula is C29H31ClN4O6. The van der Waals surface area contributed by atoms with Gasteiger partial charge in [-0.1, -0.05) is 35.9 Å². The minimum absolute atomic E-state index is 0.0692. The Bertz CT molecular complexity index is 1440. The molecule has 40 heavy (non-hydrogen) atoms. The number of rotatable bonds is 6. The summed E-state index contributed by atoms with van der Waals surface area (Å²) in [4.78, 5) is 40.7. The van der Waals surface area contributed by atoms with Gasteiger partial charge in [-0.3, -0.25) is 9.59 Å². The molecule has 0 bridgehead atoms. The van der Waals surface area contributed by atoms with Gasteiger partial charge in [-0.15, -0.1) is 0 Å². The van der Waals surface area contributed by atoms with Gasteiger partial charge in [-0.05, 0) is 56.5 Å². The Balaban J connectivity index is 1.36. The molecular weight excluding hydrogens is 536 g/mol. The first-order chi connectivity index (χ1) is 19.0. The predicted molar refractivity (Wildman–Crippen MR) is 152 cm³/mol. The zero-order chi connectivity index (χ0) is 28.9. The summed E-state index contributed by atoms with van der Waals surface area (Å²) in [7, 11) is 0. The first kappa shape index (κ1) is 28.7. The highest BCUT2D eigenvalue weighted by molar-refractivity contribution is 6.32. The topological polar surface area (TPSA) is 121 Å². The zero-order valence-corrected chi connectivity index (χ0v) is 23.3. The molecule has 3 aromatic rings. The molecule has 0 unspecified atom stereocenters. The van der Waals surface area contributed by atoms with Crippen molar-refractivity contribution in [2.24, 2.45) is 5.10 Å². The lowest BCUT2D eigenvalue weighted by Crippen LogP contribution is -2.52. The Hall–Kier alpha value is -4.31. The summed E-state index contributed by atoms with van der Waals surface area (Å²) in [5.74, 6) is -0.224. The summed E-state index contributed by atoms with van der Waals surface area (Å²) in [6, 6.07) is 15.2. The molecule has 0 radical (unpaired) electrons. The van der Waals surface area contributed by atoms with Crippen molar-refractivity contribution in [1.82, 2.24) is 15.2 Å². The number of carbonyl (C=O) groups excluding carboxylic acids is 3. The number of carbonyl (C=O) groups is 3. The fourth-order valence-corrected chi connectivity index (χ4v) is 4.28. The molecule has 0 atom stereocenters. The number of ether oxygens (including phenoxy) is 2. The van der Waals surface area contributed by atoms with Crippen LogP contribution in [-0.4, -0.2) is 77.4 Å². The maximum absolute atomic E-state index is 12.8. The summed E-state index contributed by atoms with van der Waals surface area (Å²) < 4.78 is 11.3. The van der Waals surface area contributed by atoms with Crippen molar-refractivity contribution in [2.45, 2.75) is 26.4 Å². The predicted octanol–water partition coefficient (Wildman–Crippen LogP) is 4.42. The number of hydrazone groups is 1. The van der Waals surface area contributed by atoms with Crippen LogP contribution in [0.4, 0.5) is 4.79 Å². The van der Waals surface area contributed by atoms with Crippen molar-refractivity contribution < 1.29 is 29.0 Å². The van der Waals surface area contributed by atoms with Gasteiger partial charge >= 0.3 is 6.09 Å². The average molecular weight is 567 g/mol. The van der Waals surface area contributed by atoms with E-state index < -0.39 is 11.5 Å². The van der Waals surface area contributed by atoms with Gasteiger partial charge in [0.15, 0.2) is 6.61 Å². The van der Waals surface area contributed by atoms with Crippen LogP contribution in [0, 0.1) is 0 Å². The lowest BCUT2D eigenvalue weighted by atomic mass is 10.0. The Morgan fingerprint density at radius 1 is 1.00 bits per heavy atom. The first-order valence-corrected chi connectivity index (χ1v) is 13.1. The molecule has 1 fully saturated rings. The van der Waals surface area contributed by atoms with Crippen molar-refractivity contribution in [3.63, 3.8) is 0 Å². The second-order valence-corrected chi connectivity index (χ2v) is 10.6. The molecule has 0 saturated carbocycles. The highest BCUT2D eigenvalue weighted by Gasteiger charge is 2.27. The number of phenolic OH excluding ortho intramolecular Hbond substituents is 1. The summed E-state index contributed by atoms with van der Waals surface area (Å²) in [5.41, 5.74) is 2.86. The third kappa shape index (κ3) is 7.20. The van der Waals surface area contributed by atoms with E-state index in [1.165, 1.54) is 24.4 Å². The van der Waals surface area contributed by atoms with Crippen molar-refractivity contribution in [2.75, 3.05) is 32.8 Å². The van der Waals surface area contributed by atoms with Crippen LogP contribution in [0.3, 0.4) is 0 Å². The lowest BCUT2D eigenvalue weighted by molar-refractivity contribution is -0.135. The number of phenols is 1. The molecule has 210 valence electrons. The third-order valence-corrected chi connectivity index (χ3v) is 6.44. The van der Waals surface area contributed by atoms with Crippen molar-refractivity contribution in [3.05, 3.63) is 70.7 Å². The van der Waals surface area contributed by atoms with Crippen LogP contribution < -0.4 is 10.2 Å². The summed E-state index contributed by atoms with van der Waals surface area (Å²) in [5, 5.41) is 15.3. The van der Waals surface area contributed by atoms with Gasteiger partial charge in [-0.25, -0.2) is 10.2 Å². The highest BCUT2D eigenvalue weighted by Crippen LogP contribution is 2.28. The normalized spacial score (nSPS) is 13.9. The van der Waals surface area contributed by atoms with E-state index in [9.17, 15) is 19.5 Å². The fourth-order valence-electron chi connectivity index (χ4n) is 4.10. The summed E-state index contributed by atoms with van der Waals surface area (Å²) in [6.07, 6.45) is 1.14. The highest BCUT2D eigenvalue weighted by atomic mass is 35.5. The Morgan fingerprint density at radius 2 is 1.68 bits per heavy atom. The number of hydrogen-bond donors (Lipinski definition) is 2. The maximum Gasteiger partial charge on any atom is 0.410 e. The SMILES string of the molecule is CC(C)(C)OC(=O)N1CCN(C(=O)COc2ccc(/C=N/NC(=O)c3ccc(O)c(Cl)c3)c3ccccc23)CC1. The molecule has 0 aliphatic carbocycles. The molecule has 0 spiro atoms. The van der Waals surface area contributed by atoms with Crippen LogP contribution in [-0.2, 0) is 9.53 Å². The van der Waals surface area contributed by atoms with Gasteiger partial charge < -0.3 is 24.4 Å². The number of amides is 3. The van der Waals surface area contributed by atoms with E-state index in [2.05, 4.69) is 10.5 Å². The van der Waals surface area contributed by atoms with Gasteiger partial charge in [-0.2, -0.15) is 5.10 Å². The van der Waals surface area contributed by atoms with Crippen molar-refractivity contribution >= 4 is 46.5 Å². The molecule has 4 rings (SSSR count). The van der Waals surface area contributed by atoms with Gasteiger partial charge in [0.2, 0.25) is 0 Å². The summed E-state index contributed by atoms with van der Waals surface area (Å²) in [6.45, 7) is 6.91. The monoisotopic (exact) mass is 566 g/mol. The van der Waals surface area contributed by atoms with Crippen molar-refractivity contribution in [1.29, 1.82) is 0 Å². The zero-order valence-electron chi connectivity index (χ0n) is 22.5. The van der Waals surface area contributed by atoms with E-state index in [1.807, 2.05) is 45.0 Å². The molecule has 1 aliphatic heterocycles. The van der Waals surface area contributed by atoms with Crippen LogP contribution >= 0.6 is 11.6 Å². The Labute approximate surface area is 237 Å². The van der Waals surface area contributed by atoms with E-state index >= 15 is 0 Å². The minimum atomic E-state index is -0.571. The fraction of sp³-hybridized carbons (Fsp3) is 0.310. The number of hydrogen-bond acceptors (Lipinski definition) is 7. The van der Waals surface area contributed by atoms with E-state index in [1.54, 1.807) is 21.9 Å². The number of benzene rings is 3. The summed E-state index contributed by atoms with van der Waals surface area (Å²) >= 11 is 5.87. The number of fused-ring (bicyclic) bond motifs is 1. The number of nitrogens with one attached hydrogen (secondary N) is 1. The molecule has 2 N–H and O–H groups in total. The number of nitrogens with zero attached hydrogens (tertiary/aromatic N) is 3. The average Bonchev–Trinajstić information content (AvgIpc) is 2.92. The molecule has 3 aromatic carbocycles. The Kier molecular flexibility index (Phi) is 8.79. The van der Waals surface area contributed by atoms with E-state index in [0.29, 0.717) is 31.9 Å². The number of piperazine rings is 1. The maximum atomic E-state index is 12.8. The van der Waals surface area contributed by atoms with Gasteiger partial charge in [0, 0.05) is 42.7 Å².